The van der Waals surface area contributed by atoms with Gasteiger partial charge in [0, 0.05) is 34.7 Å². The van der Waals surface area contributed by atoms with Crippen molar-refractivity contribution >= 4 is 40.6 Å². The molecule has 0 bridgehead atoms. The summed E-state index contributed by atoms with van der Waals surface area (Å²) in [4.78, 5) is 36.9. The van der Waals surface area contributed by atoms with Crippen LogP contribution in [0.4, 0.5) is 11.4 Å². The Labute approximate surface area is 184 Å². The summed E-state index contributed by atoms with van der Waals surface area (Å²) >= 11 is 5.82. The first kappa shape index (κ1) is 20.6. The van der Waals surface area contributed by atoms with Crippen molar-refractivity contribution in [3.63, 3.8) is 0 Å². The highest BCUT2D eigenvalue weighted by Crippen LogP contribution is 2.36. The molecule has 2 amide bonds. The lowest BCUT2D eigenvalue weighted by atomic mass is 10.1. The lowest BCUT2D eigenvalue weighted by molar-refractivity contribution is -0.123. The molecule has 4 rings (SSSR count). The first-order valence-electron chi connectivity index (χ1n) is 9.75. The molecule has 1 atom stereocenters. The number of hydrogen-bond acceptors (Lipinski definition) is 4. The zero-order chi connectivity index (χ0) is 21.8. The number of rotatable bonds is 6. The zero-order valence-electron chi connectivity index (χ0n) is 16.4. The molecule has 156 valence electrons. The number of fused-ring (bicyclic) bond motifs is 1. The van der Waals surface area contributed by atoms with Gasteiger partial charge in [-0.25, -0.2) is 0 Å². The summed E-state index contributed by atoms with van der Waals surface area (Å²) in [5.41, 5.74) is 2.25. The second-order valence-corrected chi connectivity index (χ2v) is 7.52. The second kappa shape index (κ2) is 9.02. The van der Waals surface area contributed by atoms with Crippen molar-refractivity contribution < 1.29 is 19.1 Å². The number of amides is 2. The number of halogens is 1. The van der Waals surface area contributed by atoms with Gasteiger partial charge in [-0.15, -0.1) is 0 Å². The fraction of sp³-hybridized carbons (Fsp3) is 0.125. The van der Waals surface area contributed by atoms with E-state index in [9.17, 15) is 14.4 Å². The first-order valence-corrected chi connectivity index (χ1v) is 10.1. The maximum absolute atomic E-state index is 12.5. The Kier molecular flexibility index (Phi) is 6.00. The molecule has 1 heterocycles. The van der Waals surface area contributed by atoms with Crippen LogP contribution in [0.25, 0.3) is 0 Å². The van der Waals surface area contributed by atoms with Crippen LogP contribution in [0.5, 0.6) is 5.75 Å². The van der Waals surface area contributed by atoms with Crippen LogP contribution in [0.1, 0.15) is 34.9 Å². The Bertz CT molecular complexity index is 1130. The molecule has 1 unspecified atom stereocenters. The lowest BCUT2D eigenvalue weighted by Gasteiger charge is -2.26. The molecule has 0 radical (unpaired) electrons. The van der Waals surface area contributed by atoms with Crippen molar-refractivity contribution in [1.82, 2.24) is 0 Å². The van der Waals surface area contributed by atoms with E-state index in [-0.39, 0.29) is 30.4 Å². The Morgan fingerprint density at radius 3 is 2.45 bits per heavy atom. The molecule has 3 aromatic carbocycles. The number of hydrogen-bond donors (Lipinski definition) is 2. The largest absolute Gasteiger partial charge is 0.474 e. The highest BCUT2D eigenvalue weighted by molar-refractivity contribution is 6.30. The molecule has 0 aliphatic carbocycles. The molecule has 0 saturated heterocycles. The van der Waals surface area contributed by atoms with Gasteiger partial charge in [-0.1, -0.05) is 41.9 Å². The Hall–Kier alpha value is -3.64. The number of nitrogens with one attached hydrogen (secondary N) is 2. The third-order valence-electron chi connectivity index (χ3n) is 4.85. The van der Waals surface area contributed by atoms with Gasteiger partial charge in [-0.3, -0.25) is 14.4 Å². The fourth-order valence-corrected chi connectivity index (χ4v) is 3.39. The Morgan fingerprint density at radius 2 is 1.71 bits per heavy atom. The minimum atomic E-state index is -0.729. The van der Waals surface area contributed by atoms with Gasteiger partial charge >= 0.3 is 0 Å². The van der Waals surface area contributed by atoms with E-state index in [4.69, 9.17) is 16.3 Å². The molecular formula is C24H19ClN2O4. The van der Waals surface area contributed by atoms with Crippen LogP contribution in [-0.4, -0.2) is 17.6 Å². The molecule has 3 aromatic rings. The van der Waals surface area contributed by atoms with Crippen molar-refractivity contribution in [2.24, 2.45) is 0 Å². The van der Waals surface area contributed by atoms with E-state index < -0.39 is 6.10 Å². The van der Waals surface area contributed by atoms with Crippen LogP contribution in [0.15, 0.2) is 72.8 Å². The maximum Gasteiger partial charge on any atom is 0.270 e. The van der Waals surface area contributed by atoms with Crippen LogP contribution >= 0.6 is 11.6 Å². The highest BCUT2D eigenvalue weighted by atomic mass is 35.5. The van der Waals surface area contributed by atoms with Crippen LogP contribution in [-0.2, 0) is 9.59 Å². The van der Waals surface area contributed by atoms with Crippen LogP contribution < -0.4 is 15.4 Å². The van der Waals surface area contributed by atoms with E-state index in [0.717, 1.165) is 5.56 Å². The van der Waals surface area contributed by atoms with Gasteiger partial charge < -0.3 is 15.4 Å². The SMILES string of the molecule is O=C(CCC(=O)c1ccc(Cl)cc1)Nc1ccc2c(c1)NC(=O)C(c1ccccc1)O2. The Morgan fingerprint density at radius 1 is 0.968 bits per heavy atom. The molecule has 0 aromatic heterocycles. The number of ether oxygens (including phenoxy) is 1. The van der Waals surface area contributed by atoms with Gasteiger partial charge in [0.2, 0.25) is 12.0 Å². The summed E-state index contributed by atoms with van der Waals surface area (Å²) in [6.07, 6.45) is -0.609. The summed E-state index contributed by atoms with van der Waals surface area (Å²) < 4.78 is 5.85. The molecule has 7 heteroatoms. The Balaban J connectivity index is 1.37. The zero-order valence-corrected chi connectivity index (χ0v) is 17.2. The van der Waals surface area contributed by atoms with Gasteiger partial charge in [0.15, 0.2) is 5.78 Å². The predicted octanol–water partition coefficient (Wildman–Crippen LogP) is 5.01. The third kappa shape index (κ3) is 4.92. The molecule has 1 aliphatic rings. The van der Waals surface area contributed by atoms with E-state index in [1.165, 1.54) is 0 Å². The van der Waals surface area contributed by atoms with E-state index in [0.29, 0.717) is 27.7 Å². The second-order valence-electron chi connectivity index (χ2n) is 7.09. The van der Waals surface area contributed by atoms with Gasteiger partial charge in [0.1, 0.15) is 5.75 Å². The molecular weight excluding hydrogens is 416 g/mol. The summed E-state index contributed by atoms with van der Waals surface area (Å²) in [6, 6.07) is 20.8. The number of carbonyl (C=O) groups is 3. The molecule has 0 spiro atoms. The minimum Gasteiger partial charge on any atom is -0.474 e. The van der Waals surface area contributed by atoms with Gasteiger partial charge in [-0.2, -0.15) is 0 Å². The predicted molar refractivity (Wildman–Crippen MR) is 119 cm³/mol. The molecule has 0 saturated carbocycles. The van der Waals surface area contributed by atoms with E-state index in [1.807, 2.05) is 30.3 Å². The normalized spacial score (nSPS) is 14.7. The number of benzene rings is 3. The topological polar surface area (TPSA) is 84.5 Å². The van der Waals surface area contributed by atoms with Gasteiger partial charge in [0.25, 0.3) is 5.91 Å². The average Bonchev–Trinajstić information content (AvgIpc) is 2.78. The van der Waals surface area contributed by atoms with Crippen molar-refractivity contribution in [2.45, 2.75) is 18.9 Å². The minimum absolute atomic E-state index is 0.0392. The number of anilines is 2. The fourth-order valence-electron chi connectivity index (χ4n) is 3.26. The van der Waals surface area contributed by atoms with Gasteiger partial charge in [-0.05, 0) is 42.5 Å². The van der Waals surface area contributed by atoms with Crippen LogP contribution in [0, 0.1) is 0 Å². The third-order valence-corrected chi connectivity index (χ3v) is 5.10. The summed E-state index contributed by atoms with van der Waals surface area (Å²) in [5, 5.41) is 6.11. The molecule has 1 aliphatic heterocycles. The monoisotopic (exact) mass is 434 g/mol. The van der Waals surface area contributed by atoms with Crippen molar-refractivity contribution in [3.8, 4) is 5.75 Å². The number of ketones is 1. The summed E-state index contributed by atoms with van der Waals surface area (Å²) in [7, 11) is 0. The maximum atomic E-state index is 12.5. The van der Waals surface area contributed by atoms with E-state index in [2.05, 4.69) is 10.6 Å². The molecule has 31 heavy (non-hydrogen) atoms. The quantitative estimate of drug-likeness (QED) is 0.534. The number of Topliss-reactive ketones (excluding diaryl/α,β-unsaturated/α-hetero) is 1. The highest BCUT2D eigenvalue weighted by Gasteiger charge is 2.29. The molecule has 2 N–H and O–H groups in total. The molecule has 0 fully saturated rings. The van der Waals surface area contributed by atoms with Gasteiger partial charge in [0.05, 0.1) is 5.69 Å². The van der Waals surface area contributed by atoms with Crippen LogP contribution in [0.2, 0.25) is 5.02 Å². The smallest absolute Gasteiger partial charge is 0.270 e. The first-order chi connectivity index (χ1) is 15.0. The molecule has 6 nitrogen and oxygen atoms in total. The summed E-state index contributed by atoms with van der Waals surface area (Å²) in [6.45, 7) is 0. The average molecular weight is 435 g/mol. The van der Waals surface area contributed by atoms with E-state index >= 15 is 0 Å². The van der Waals surface area contributed by atoms with Crippen molar-refractivity contribution in [1.29, 1.82) is 0 Å². The lowest BCUT2D eigenvalue weighted by Crippen LogP contribution is -2.30. The van der Waals surface area contributed by atoms with E-state index in [1.54, 1.807) is 42.5 Å². The van der Waals surface area contributed by atoms with Crippen LogP contribution in [0.3, 0.4) is 0 Å². The van der Waals surface area contributed by atoms with Crippen molar-refractivity contribution in [2.75, 3.05) is 10.6 Å². The number of carbonyl (C=O) groups excluding carboxylic acids is 3. The summed E-state index contributed by atoms with van der Waals surface area (Å²) in [5.74, 6) is -0.197. The van der Waals surface area contributed by atoms with Crippen molar-refractivity contribution in [3.05, 3.63) is 88.9 Å². The standard InChI is InChI=1S/C24H19ClN2O4/c25-17-8-6-15(7-9-17)20(28)11-13-22(29)26-18-10-12-21-19(14-18)27-24(30)23(31-21)16-4-2-1-3-5-16/h1-10,12,14,23H,11,13H2,(H,26,29)(H,27,30).